The van der Waals surface area contributed by atoms with Gasteiger partial charge in [-0.15, -0.1) is 0 Å². The molecule has 0 bridgehead atoms. The van der Waals surface area contributed by atoms with Crippen molar-refractivity contribution in [3.8, 4) is 5.88 Å². The molecule has 0 aliphatic carbocycles. The topological polar surface area (TPSA) is 58.0 Å². The Morgan fingerprint density at radius 1 is 1.13 bits per heavy atom. The fourth-order valence-electron chi connectivity index (χ4n) is 1.11. The first-order valence-corrected chi connectivity index (χ1v) is 4.29. The number of halogens is 1. The largest absolute Gasteiger partial charge is 0.491 e. The van der Waals surface area contributed by atoms with Gasteiger partial charge in [-0.1, -0.05) is 12.1 Å². The van der Waals surface area contributed by atoms with E-state index in [1.165, 1.54) is 18.5 Å². The van der Waals surface area contributed by atoms with Crippen molar-refractivity contribution in [1.82, 2.24) is 9.97 Å². The van der Waals surface area contributed by atoms with Crippen LogP contribution in [0.1, 0.15) is 0 Å². The van der Waals surface area contributed by atoms with Gasteiger partial charge in [0.15, 0.2) is 5.82 Å². The van der Waals surface area contributed by atoms with Gasteiger partial charge in [-0.25, -0.2) is 14.4 Å². The van der Waals surface area contributed by atoms with Crippen LogP contribution >= 0.6 is 0 Å². The van der Waals surface area contributed by atoms with E-state index in [-0.39, 0.29) is 17.4 Å². The highest BCUT2D eigenvalue weighted by atomic mass is 19.1. The van der Waals surface area contributed by atoms with Crippen molar-refractivity contribution in [3.05, 3.63) is 42.5 Å². The average Bonchev–Trinajstić information content (AvgIpc) is 2.24. The summed E-state index contributed by atoms with van der Waals surface area (Å²) in [6, 6.07) is 6.12. The van der Waals surface area contributed by atoms with E-state index in [1.54, 1.807) is 18.2 Å². The fourth-order valence-corrected chi connectivity index (χ4v) is 1.11. The van der Waals surface area contributed by atoms with Crippen LogP contribution in [-0.2, 0) is 0 Å². The van der Waals surface area contributed by atoms with E-state index >= 15 is 0 Å². The maximum atomic E-state index is 13.2. The number of nitrogens with one attached hydrogen (secondary N) is 1. The Kier molecular flexibility index (Phi) is 2.45. The maximum absolute atomic E-state index is 13.2. The number of hydrogen-bond donors (Lipinski definition) is 2. The van der Waals surface area contributed by atoms with Crippen molar-refractivity contribution >= 4 is 11.5 Å². The van der Waals surface area contributed by atoms with Crippen LogP contribution in [-0.4, -0.2) is 15.1 Å². The molecule has 0 saturated heterocycles. The van der Waals surface area contributed by atoms with Crippen LogP contribution in [0.15, 0.2) is 36.7 Å². The molecule has 0 amide bonds. The Morgan fingerprint density at radius 2 is 1.87 bits per heavy atom. The van der Waals surface area contributed by atoms with Crippen molar-refractivity contribution in [1.29, 1.82) is 0 Å². The van der Waals surface area contributed by atoms with Gasteiger partial charge in [0, 0.05) is 12.4 Å². The summed E-state index contributed by atoms with van der Waals surface area (Å²) in [5.41, 5.74) is 0.244. The van der Waals surface area contributed by atoms with Crippen LogP contribution < -0.4 is 5.32 Å². The molecule has 2 N–H and O–H groups in total. The zero-order valence-corrected chi connectivity index (χ0v) is 7.68. The zero-order valence-electron chi connectivity index (χ0n) is 7.68. The number of aromatic hydroxyl groups is 1. The summed E-state index contributed by atoms with van der Waals surface area (Å²) >= 11 is 0. The molecule has 2 rings (SSSR count). The molecule has 0 atom stereocenters. The third-order valence-corrected chi connectivity index (χ3v) is 1.81. The van der Waals surface area contributed by atoms with E-state index in [0.29, 0.717) is 0 Å². The lowest BCUT2D eigenvalue weighted by atomic mass is 10.3. The SMILES string of the molecule is Oc1nccnc1Nc1ccccc1F. The van der Waals surface area contributed by atoms with Crippen LogP contribution in [0.5, 0.6) is 5.88 Å². The molecular weight excluding hydrogens is 197 g/mol. The molecule has 1 aromatic heterocycles. The van der Waals surface area contributed by atoms with E-state index < -0.39 is 5.82 Å². The molecule has 76 valence electrons. The second kappa shape index (κ2) is 3.91. The van der Waals surface area contributed by atoms with E-state index in [4.69, 9.17) is 0 Å². The van der Waals surface area contributed by atoms with Crippen molar-refractivity contribution in [2.24, 2.45) is 0 Å². The van der Waals surface area contributed by atoms with Gasteiger partial charge >= 0.3 is 0 Å². The monoisotopic (exact) mass is 205 g/mol. The number of nitrogens with zero attached hydrogens (tertiary/aromatic N) is 2. The van der Waals surface area contributed by atoms with Crippen molar-refractivity contribution in [2.45, 2.75) is 0 Å². The number of hydrogen-bond acceptors (Lipinski definition) is 4. The first-order chi connectivity index (χ1) is 7.27. The van der Waals surface area contributed by atoms with Crippen LogP contribution in [0.4, 0.5) is 15.9 Å². The minimum atomic E-state index is -0.414. The molecule has 0 radical (unpaired) electrons. The Labute approximate surface area is 85.4 Å². The van der Waals surface area contributed by atoms with Gasteiger partial charge in [0.25, 0.3) is 5.88 Å². The van der Waals surface area contributed by atoms with Crippen molar-refractivity contribution in [3.63, 3.8) is 0 Å². The molecule has 2 aromatic rings. The summed E-state index contributed by atoms with van der Waals surface area (Å²) in [6.07, 6.45) is 2.75. The second-order valence-electron chi connectivity index (χ2n) is 2.83. The molecule has 0 aliphatic heterocycles. The summed E-state index contributed by atoms with van der Waals surface area (Å²) < 4.78 is 13.2. The van der Waals surface area contributed by atoms with E-state index in [9.17, 15) is 9.50 Å². The lowest BCUT2D eigenvalue weighted by molar-refractivity contribution is 0.453. The first kappa shape index (κ1) is 9.39. The molecule has 0 fully saturated rings. The summed E-state index contributed by atoms with van der Waals surface area (Å²) in [4.78, 5) is 7.44. The summed E-state index contributed by atoms with van der Waals surface area (Å²) in [5.74, 6) is -0.550. The van der Waals surface area contributed by atoms with Crippen LogP contribution in [0.3, 0.4) is 0 Å². The molecule has 15 heavy (non-hydrogen) atoms. The highest BCUT2D eigenvalue weighted by Gasteiger charge is 2.05. The molecule has 4 nitrogen and oxygen atoms in total. The molecule has 1 heterocycles. The Balaban J connectivity index is 2.30. The van der Waals surface area contributed by atoms with Gasteiger partial charge in [0.2, 0.25) is 0 Å². The molecular formula is C10H8FN3O. The van der Waals surface area contributed by atoms with Crippen LogP contribution in [0, 0.1) is 5.82 Å². The molecule has 1 aromatic carbocycles. The maximum Gasteiger partial charge on any atom is 0.255 e. The lowest BCUT2D eigenvalue weighted by Crippen LogP contribution is -1.96. The number of para-hydroxylation sites is 1. The Morgan fingerprint density at radius 3 is 2.60 bits per heavy atom. The standard InChI is InChI=1S/C10H8FN3O/c11-7-3-1-2-4-8(7)14-9-10(15)13-6-5-12-9/h1-6H,(H,12,14)(H,13,15). The summed E-state index contributed by atoms with van der Waals surface area (Å²) in [5, 5.41) is 11.9. The van der Waals surface area contributed by atoms with Crippen molar-refractivity contribution < 1.29 is 9.50 Å². The third kappa shape index (κ3) is 2.01. The fraction of sp³-hybridized carbons (Fsp3) is 0. The Bertz CT molecular complexity index is 432. The first-order valence-electron chi connectivity index (χ1n) is 4.29. The molecule has 0 aliphatic rings. The zero-order chi connectivity index (χ0) is 10.7. The summed E-state index contributed by atoms with van der Waals surface area (Å²) in [7, 11) is 0. The smallest absolute Gasteiger partial charge is 0.255 e. The third-order valence-electron chi connectivity index (χ3n) is 1.81. The van der Waals surface area contributed by atoms with Crippen molar-refractivity contribution in [2.75, 3.05) is 5.32 Å². The number of aromatic nitrogens is 2. The molecule has 0 saturated carbocycles. The number of anilines is 2. The average molecular weight is 205 g/mol. The number of benzene rings is 1. The van der Waals surface area contributed by atoms with Gasteiger partial charge in [-0.05, 0) is 12.1 Å². The Hall–Kier alpha value is -2.17. The van der Waals surface area contributed by atoms with E-state index in [2.05, 4.69) is 15.3 Å². The summed E-state index contributed by atoms with van der Waals surface area (Å²) in [6.45, 7) is 0. The highest BCUT2D eigenvalue weighted by molar-refractivity contribution is 5.59. The quantitative estimate of drug-likeness (QED) is 0.787. The minimum Gasteiger partial charge on any atom is -0.491 e. The van der Waals surface area contributed by atoms with Gasteiger partial charge in [-0.2, -0.15) is 0 Å². The normalized spacial score (nSPS) is 9.93. The second-order valence-corrected chi connectivity index (χ2v) is 2.83. The minimum absolute atomic E-state index is 0.127. The molecule has 0 spiro atoms. The number of rotatable bonds is 2. The van der Waals surface area contributed by atoms with Gasteiger partial charge < -0.3 is 10.4 Å². The highest BCUT2D eigenvalue weighted by Crippen LogP contribution is 2.22. The van der Waals surface area contributed by atoms with E-state index in [1.807, 2.05) is 0 Å². The predicted octanol–water partition coefficient (Wildman–Crippen LogP) is 2.06. The molecule has 5 heteroatoms. The van der Waals surface area contributed by atoms with Gasteiger partial charge in [0.1, 0.15) is 5.82 Å². The van der Waals surface area contributed by atoms with Crippen LogP contribution in [0.2, 0.25) is 0 Å². The van der Waals surface area contributed by atoms with Gasteiger partial charge in [-0.3, -0.25) is 0 Å². The lowest BCUT2D eigenvalue weighted by Gasteiger charge is -2.06. The van der Waals surface area contributed by atoms with Gasteiger partial charge in [0.05, 0.1) is 5.69 Å². The van der Waals surface area contributed by atoms with E-state index in [0.717, 1.165) is 0 Å². The van der Waals surface area contributed by atoms with Crippen LogP contribution in [0.25, 0.3) is 0 Å². The predicted molar refractivity (Wildman–Crippen MR) is 53.4 cm³/mol. The molecule has 0 unspecified atom stereocenters.